The zero-order valence-corrected chi connectivity index (χ0v) is 16.0. The van der Waals surface area contributed by atoms with Crippen molar-refractivity contribution < 1.29 is 24.2 Å². The summed E-state index contributed by atoms with van der Waals surface area (Å²) in [5.74, 6) is -0.427. The van der Waals surface area contributed by atoms with Crippen LogP contribution in [0.1, 0.15) is 48.5 Å². The van der Waals surface area contributed by atoms with Crippen LogP contribution in [-0.4, -0.2) is 35.2 Å². The van der Waals surface area contributed by atoms with Crippen LogP contribution in [0.5, 0.6) is 11.6 Å². The summed E-state index contributed by atoms with van der Waals surface area (Å²) in [7, 11) is 1.53. The molecule has 2 aromatic rings. The molecule has 1 saturated carbocycles. The number of carbonyl (C=O) groups excluding carboxylic acids is 1. The Hall–Kier alpha value is -3.09. The van der Waals surface area contributed by atoms with Crippen molar-refractivity contribution in [3.63, 3.8) is 0 Å². The van der Waals surface area contributed by atoms with Gasteiger partial charge in [0, 0.05) is 17.8 Å². The first-order valence-electron chi connectivity index (χ1n) is 9.21. The summed E-state index contributed by atoms with van der Waals surface area (Å²) in [6.45, 7) is 1.68. The summed E-state index contributed by atoms with van der Waals surface area (Å²) in [5, 5.41) is 12.2. The molecule has 7 heteroatoms. The molecule has 2 N–H and O–H groups in total. The fourth-order valence-corrected chi connectivity index (χ4v) is 3.08. The molecule has 1 aromatic carbocycles. The molecule has 0 saturated heterocycles. The molecule has 148 valence electrons. The summed E-state index contributed by atoms with van der Waals surface area (Å²) >= 11 is 0. The molecular formula is C21H24N2O5. The fourth-order valence-electron chi connectivity index (χ4n) is 3.08. The maximum atomic E-state index is 12.9. The van der Waals surface area contributed by atoms with Crippen molar-refractivity contribution in [2.24, 2.45) is 0 Å². The van der Waals surface area contributed by atoms with E-state index in [1.807, 2.05) is 0 Å². The average Bonchev–Trinajstić information content (AvgIpc) is 2.64. The maximum absolute atomic E-state index is 12.9. The predicted octanol–water partition coefficient (Wildman–Crippen LogP) is 3.14. The SMILES string of the molecule is COc1cccc(C(C)(CC(=O)O)NC(=O)c2ccnc(OC3CCC3)c2)c1. The van der Waals surface area contributed by atoms with Crippen LogP contribution in [-0.2, 0) is 10.3 Å². The van der Waals surface area contributed by atoms with E-state index in [2.05, 4.69) is 10.3 Å². The van der Waals surface area contributed by atoms with Gasteiger partial charge in [-0.3, -0.25) is 9.59 Å². The number of hydrogen-bond acceptors (Lipinski definition) is 5. The first kappa shape index (κ1) is 19.7. The Morgan fingerprint density at radius 3 is 2.71 bits per heavy atom. The molecule has 1 heterocycles. The summed E-state index contributed by atoms with van der Waals surface area (Å²) in [6, 6.07) is 10.2. The van der Waals surface area contributed by atoms with Crippen LogP contribution in [0, 0.1) is 0 Å². The van der Waals surface area contributed by atoms with Gasteiger partial charge in [-0.05, 0) is 49.9 Å². The second-order valence-electron chi connectivity index (χ2n) is 7.14. The standard InChI is InChI=1S/C21H24N2O5/c1-21(13-19(24)25,15-5-3-8-17(12-15)27-2)23-20(26)14-9-10-22-18(11-14)28-16-6-4-7-16/h3,5,8-12,16H,4,6-7,13H2,1-2H3,(H,23,26)(H,24,25). The number of hydrogen-bond donors (Lipinski definition) is 2. The molecule has 0 spiro atoms. The summed E-state index contributed by atoms with van der Waals surface area (Å²) in [6.07, 6.45) is 4.51. The molecule has 1 aliphatic carbocycles. The van der Waals surface area contributed by atoms with Crippen LogP contribution in [0.4, 0.5) is 0 Å². The summed E-state index contributed by atoms with van der Waals surface area (Å²) in [5.41, 5.74) is -0.109. The van der Waals surface area contributed by atoms with E-state index in [1.54, 1.807) is 43.3 Å². The topological polar surface area (TPSA) is 97.8 Å². The lowest BCUT2D eigenvalue weighted by Gasteiger charge is -2.30. The number of rotatable bonds is 8. The van der Waals surface area contributed by atoms with Crippen LogP contribution in [0.15, 0.2) is 42.6 Å². The fraction of sp³-hybridized carbons (Fsp3) is 0.381. The molecule has 1 atom stereocenters. The van der Waals surface area contributed by atoms with Gasteiger partial charge in [-0.1, -0.05) is 12.1 Å². The Bertz CT molecular complexity index is 865. The number of carbonyl (C=O) groups is 2. The third-order valence-corrected chi connectivity index (χ3v) is 4.94. The normalized spacial score (nSPS) is 15.8. The number of pyridine rings is 1. The second kappa shape index (κ2) is 8.29. The van der Waals surface area contributed by atoms with E-state index in [9.17, 15) is 14.7 Å². The summed E-state index contributed by atoms with van der Waals surface area (Å²) in [4.78, 5) is 28.5. The van der Waals surface area contributed by atoms with Gasteiger partial charge in [0.1, 0.15) is 11.9 Å². The van der Waals surface area contributed by atoms with E-state index >= 15 is 0 Å². The van der Waals surface area contributed by atoms with Crippen LogP contribution in [0.3, 0.4) is 0 Å². The minimum absolute atomic E-state index is 0.153. The average molecular weight is 384 g/mol. The molecule has 1 fully saturated rings. The number of methoxy groups -OCH3 is 1. The molecule has 28 heavy (non-hydrogen) atoms. The number of carboxylic acid groups (broad SMARTS) is 1. The Labute approximate surface area is 163 Å². The van der Waals surface area contributed by atoms with Gasteiger partial charge >= 0.3 is 5.97 Å². The number of aliphatic carboxylic acids is 1. The molecule has 7 nitrogen and oxygen atoms in total. The third-order valence-electron chi connectivity index (χ3n) is 4.94. The molecule has 0 bridgehead atoms. The Balaban J connectivity index is 1.82. The number of benzene rings is 1. The van der Waals surface area contributed by atoms with Crippen molar-refractivity contribution in [1.29, 1.82) is 0 Å². The monoisotopic (exact) mass is 384 g/mol. The van der Waals surface area contributed by atoms with Gasteiger partial charge in [0.05, 0.1) is 19.1 Å². The Morgan fingerprint density at radius 2 is 2.07 bits per heavy atom. The minimum atomic E-state index is -1.12. The number of carboxylic acids is 1. The van der Waals surface area contributed by atoms with Crippen molar-refractivity contribution in [3.8, 4) is 11.6 Å². The van der Waals surface area contributed by atoms with Crippen molar-refractivity contribution >= 4 is 11.9 Å². The molecule has 0 radical (unpaired) electrons. The number of amides is 1. The zero-order chi connectivity index (χ0) is 20.1. The smallest absolute Gasteiger partial charge is 0.306 e. The van der Waals surface area contributed by atoms with E-state index in [-0.39, 0.29) is 12.5 Å². The zero-order valence-electron chi connectivity index (χ0n) is 16.0. The Kier molecular flexibility index (Phi) is 5.82. The molecule has 3 rings (SSSR count). The highest BCUT2D eigenvalue weighted by molar-refractivity contribution is 5.95. The van der Waals surface area contributed by atoms with Gasteiger partial charge < -0.3 is 19.9 Å². The maximum Gasteiger partial charge on any atom is 0.306 e. The van der Waals surface area contributed by atoms with E-state index in [4.69, 9.17) is 9.47 Å². The van der Waals surface area contributed by atoms with Gasteiger partial charge in [-0.15, -0.1) is 0 Å². The third kappa shape index (κ3) is 4.60. The molecule has 1 unspecified atom stereocenters. The molecular weight excluding hydrogens is 360 g/mol. The van der Waals surface area contributed by atoms with E-state index in [0.717, 1.165) is 19.3 Å². The van der Waals surface area contributed by atoms with Gasteiger partial charge in [0.15, 0.2) is 0 Å². The number of nitrogens with zero attached hydrogens (tertiary/aromatic N) is 1. The first-order valence-corrected chi connectivity index (χ1v) is 9.21. The highest BCUT2D eigenvalue weighted by atomic mass is 16.5. The van der Waals surface area contributed by atoms with Crippen molar-refractivity contribution in [3.05, 3.63) is 53.7 Å². The van der Waals surface area contributed by atoms with Crippen LogP contribution >= 0.6 is 0 Å². The number of nitrogens with one attached hydrogen (secondary N) is 1. The van der Waals surface area contributed by atoms with Crippen LogP contribution in [0.25, 0.3) is 0 Å². The molecule has 1 amide bonds. The first-order chi connectivity index (χ1) is 13.4. The quantitative estimate of drug-likeness (QED) is 0.726. The largest absolute Gasteiger partial charge is 0.497 e. The van der Waals surface area contributed by atoms with Crippen LogP contribution in [0.2, 0.25) is 0 Å². The van der Waals surface area contributed by atoms with E-state index in [0.29, 0.717) is 22.8 Å². The van der Waals surface area contributed by atoms with Crippen LogP contribution < -0.4 is 14.8 Å². The Morgan fingerprint density at radius 1 is 1.29 bits per heavy atom. The highest BCUT2D eigenvalue weighted by Crippen LogP contribution is 2.29. The predicted molar refractivity (Wildman–Crippen MR) is 103 cm³/mol. The lowest BCUT2D eigenvalue weighted by Crippen LogP contribution is -2.45. The number of ether oxygens (including phenoxy) is 2. The minimum Gasteiger partial charge on any atom is -0.497 e. The molecule has 1 aliphatic rings. The summed E-state index contributed by atoms with van der Waals surface area (Å²) < 4.78 is 11.0. The lowest BCUT2D eigenvalue weighted by molar-refractivity contribution is -0.138. The van der Waals surface area contributed by atoms with Crippen molar-refractivity contribution in [2.45, 2.75) is 44.2 Å². The van der Waals surface area contributed by atoms with Gasteiger partial charge in [0.25, 0.3) is 5.91 Å². The van der Waals surface area contributed by atoms with E-state index in [1.165, 1.54) is 13.3 Å². The van der Waals surface area contributed by atoms with Gasteiger partial charge in [-0.2, -0.15) is 0 Å². The highest BCUT2D eigenvalue weighted by Gasteiger charge is 2.32. The second-order valence-corrected chi connectivity index (χ2v) is 7.14. The van der Waals surface area contributed by atoms with Crippen molar-refractivity contribution in [1.82, 2.24) is 10.3 Å². The lowest BCUT2D eigenvalue weighted by atomic mass is 9.88. The molecule has 0 aliphatic heterocycles. The van der Waals surface area contributed by atoms with Gasteiger partial charge in [-0.25, -0.2) is 4.98 Å². The van der Waals surface area contributed by atoms with Gasteiger partial charge in [0.2, 0.25) is 5.88 Å². The van der Waals surface area contributed by atoms with E-state index < -0.39 is 17.4 Å². The number of aromatic nitrogens is 1. The van der Waals surface area contributed by atoms with Crippen molar-refractivity contribution in [2.75, 3.05) is 7.11 Å². The molecule has 1 aromatic heterocycles.